The van der Waals surface area contributed by atoms with Crippen LogP contribution in [0, 0.1) is 17.3 Å². The van der Waals surface area contributed by atoms with Gasteiger partial charge in [0.2, 0.25) is 0 Å². The van der Waals surface area contributed by atoms with Gasteiger partial charge in [0.1, 0.15) is 0 Å². The van der Waals surface area contributed by atoms with E-state index in [9.17, 15) is 9.90 Å². The number of carboxylic acids is 1. The Labute approximate surface area is 160 Å². The topological polar surface area (TPSA) is 46.5 Å². The lowest BCUT2D eigenvalue weighted by atomic mass is 9.62. The van der Waals surface area contributed by atoms with Crippen LogP contribution in [0.2, 0.25) is 0 Å². The van der Waals surface area contributed by atoms with Crippen molar-refractivity contribution in [3.05, 3.63) is 23.3 Å². The minimum Gasteiger partial charge on any atom is -0.481 e. The van der Waals surface area contributed by atoms with Gasteiger partial charge < -0.3 is 9.84 Å². The van der Waals surface area contributed by atoms with E-state index in [1.807, 2.05) is 0 Å². The average Bonchev–Trinajstić information content (AvgIpc) is 2.61. The molecule has 26 heavy (non-hydrogen) atoms. The number of carbonyl (C=O) groups is 1. The Balaban J connectivity index is 3.31. The summed E-state index contributed by atoms with van der Waals surface area (Å²) in [6.45, 7) is 9.36. The third-order valence-electron chi connectivity index (χ3n) is 5.67. The van der Waals surface area contributed by atoms with Gasteiger partial charge in [0, 0.05) is 19.6 Å². The molecule has 0 aromatic carbocycles. The van der Waals surface area contributed by atoms with Crippen LogP contribution in [0.25, 0.3) is 0 Å². The standard InChI is InChI=1S/C23H40O3/c1-6-8-10-19-16-20(11-9-7-2)21(13-15-26-5)23(17-19,22(24)25)14-12-18(3)4/h16-18,21H,6-15H2,1-5H3,(H,24,25). The molecule has 1 N–H and O–H groups in total. The highest BCUT2D eigenvalue weighted by atomic mass is 16.5. The van der Waals surface area contributed by atoms with Gasteiger partial charge in [0.05, 0.1) is 5.41 Å². The van der Waals surface area contributed by atoms with E-state index in [1.165, 1.54) is 11.1 Å². The van der Waals surface area contributed by atoms with Crippen LogP contribution >= 0.6 is 0 Å². The molecule has 1 rings (SSSR count). The zero-order valence-corrected chi connectivity index (χ0v) is 17.6. The number of allylic oxidation sites excluding steroid dienone is 3. The number of carboxylic acid groups (broad SMARTS) is 1. The molecule has 0 aliphatic heterocycles. The van der Waals surface area contributed by atoms with Crippen LogP contribution in [0.4, 0.5) is 0 Å². The van der Waals surface area contributed by atoms with Crippen LogP contribution in [0.15, 0.2) is 23.3 Å². The highest BCUT2D eigenvalue weighted by molar-refractivity contribution is 5.79. The Kier molecular flexibility index (Phi) is 10.2. The van der Waals surface area contributed by atoms with E-state index in [0.29, 0.717) is 18.9 Å². The predicted molar refractivity (Wildman–Crippen MR) is 109 cm³/mol. The van der Waals surface area contributed by atoms with E-state index in [0.717, 1.165) is 51.4 Å². The molecule has 3 nitrogen and oxygen atoms in total. The van der Waals surface area contributed by atoms with Crippen molar-refractivity contribution in [3.63, 3.8) is 0 Å². The van der Waals surface area contributed by atoms with Gasteiger partial charge in [-0.1, -0.05) is 63.8 Å². The van der Waals surface area contributed by atoms with Crippen molar-refractivity contribution in [2.24, 2.45) is 17.3 Å². The fourth-order valence-corrected chi connectivity index (χ4v) is 4.07. The molecule has 0 bridgehead atoms. The molecule has 2 unspecified atom stereocenters. The summed E-state index contributed by atoms with van der Waals surface area (Å²) in [5.41, 5.74) is 1.80. The summed E-state index contributed by atoms with van der Waals surface area (Å²) in [4.78, 5) is 12.6. The Bertz CT molecular complexity index is 490. The molecular formula is C23H40O3. The molecule has 1 aliphatic carbocycles. The quantitative estimate of drug-likeness (QED) is 0.412. The first-order chi connectivity index (χ1) is 12.4. The molecule has 2 atom stereocenters. The molecule has 0 saturated heterocycles. The van der Waals surface area contributed by atoms with Crippen LogP contribution in [0.3, 0.4) is 0 Å². The normalized spacial score (nSPS) is 23.1. The SMILES string of the molecule is CCCCC1=CC(CCC(C)C)(C(=O)O)C(CCOC)C(CCCC)=C1. The van der Waals surface area contributed by atoms with Crippen molar-refractivity contribution in [2.45, 2.75) is 85.5 Å². The zero-order chi connectivity index (χ0) is 19.6. The summed E-state index contributed by atoms with van der Waals surface area (Å²) in [5.74, 6) is -0.0993. The van der Waals surface area contributed by atoms with Gasteiger partial charge in [0.25, 0.3) is 0 Å². The predicted octanol–water partition coefficient (Wildman–Crippen LogP) is 6.39. The molecular weight excluding hydrogens is 324 g/mol. The number of hydrogen-bond acceptors (Lipinski definition) is 2. The van der Waals surface area contributed by atoms with Crippen LogP contribution in [0.5, 0.6) is 0 Å². The highest BCUT2D eigenvalue weighted by Crippen LogP contribution is 2.48. The molecule has 0 heterocycles. The van der Waals surface area contributed by atoms with Crippen molar-refractivity contribution >= 4 is 5.97 Å². The molecule has 0 fully saturated rings. The molecule has 1 aliphatic rings. The van der Waals surface area contributed by atoms with Crippen molar-refractivity contribution in [2.75, 3.05) is 13.7 Å². The van der Waals surface area contributed by atoms with Crippen molar-refractivity contribution in [1.82, 2.24) is 0 Å². The van der Waals surface area contributed by atoms with Crippen molar-refractivity contribution in [1.29, 1.82) is 0 Å². The van der Waals surface area contributed by atoms with Gasteiger partial charge in [0.15, 0.2) is 0 Å². The maximum absolute atomic E-state index is 12.6. The second kappa shape index (κ2) is 11.6. The summed E-state index contributed by atoms with van der Waals surface area (Å²) in [6.07, 6.45) is 13.4. The number of aliphatic carboxylic acids is 1. The maximum atomic E-state index is 12.6. The smallest absolute Gasteiger partial charge is 0.314 e. The zero-order valence-electron chi connectivity index (χ0n) is 17.6. The Morgan fingerprint density at radius 1 is 1.23 bits per heavy atom. The van der Waals surface area contributed by atoms with Gasteiger partial charge >= 0.3 is 5.97 Å². The molecule has 3 heteroatoms. The second-order valence-electron chi connectivity index (χ2n) is 8.26. The molecule has 0 amide bonds. The lowest BCUT2D eigenvalue weighted by Crippen LogP contribution is -2.41. The van der Waals surface area contributed by atoms with Crippen LogP contribution < -0.4 is 0 Å². The summed E-state index contributed by atoms with van der Waals surface area (Å²) in [7, 11) is 1.71. The van der Waals surface area contributed by atoms with E-state index in [1.54, 1.807) is 7.11 Å². The van der Waals surface area contributed by atoms with Crippen molar-refractivity contribution < 1.29 is 14.6 Å². The van der Waals surface area contributed by atoms with E-state index in [-0.39, 0.29) is 5.92 Å². The molecule has 0 saturated carbocycles. The Morgan fingerprint density at radius 2 is 1.88 bits per heavy atom. The number of ether oxygens (including phenoxy) is 1. The second-order valence-corrected chi connectivity index (χ2v) is 8.26. The Morgan fingerprint density at radius 3 is 2.42 bits per heavy atom. The molecule has 0 radical (unpaired) electrons. The average molecular weight is 365 g/mol. The van der Waals surface area contributed by atoms with E-state index in [2.05, 4.69) is 39.8 Å². The monoisotopic (exact) mass is 364 g/mol. The van der Waals surface area contributed by atoms with E-state index >= 15 is 0 Å². The first-order valence-corrected chi connectivity index (χ1v) is 10.6. The molecule has 0 spiro atoms. The minimum atomic E-state index is -0.774. The van der Waals surface area contributed by atoms with Gasteiger partial charge in [-0.2, -0.15) is 0 Å². The number of methoxy groups -OCH3 is 1. The largest absolute Gasteiger partial charge is 0.481 e. The van der Waals surface area contributed by atoms with Crippen LogP contribution in [0.1, 0.15) is 85.5 Å². The number of unbranched alkanes of at least 4 members (excludes halogenated alkanes) is 2. The van der Waals surface area contributed by atoms with Gasteiger partial charge in [-0.05, 0) is 50.9 Å². The fourth-order valence-electron chi connectivity index (χ4n) is 4.07. The number of hydrogen-bond donors (Lipinski definition) is 1. The molecule has 150 valence electrons. The van der Waals surface area contributed by atoms with E-state index < -0.39 is 11.4 Å². The molecule has 0 aromatic heterocycles. The molecule has 0 aromatic rings. The van der Waals surface area contributed by atoms with Gasteiger partial charge in [-0.3, -0.25) is 4.79 Å². The summed E-state index contributed by atoms with van der Waals surface area (Å²) in [5, 5.41) is 10.3. The first-order valence-electron chi connectivity index (χ1n) is 10.6. The van der Waals surface area contributed by atoms with Crippen molar-refractivity contribution in [3.8, 4) is 0 Å². The lowest BCUT2D eigenvalue weighted by molar-refractivity contribution is -0.149. The Hall–Kier alpha value is -1.09. The van der Waals surface area contributed by atoms with E-state index in [4.69, 9.17) is 4.74 Å². The minimum absolute atomic E-state index is 0.0515. The summed E-state index contributed by atoms with van der Waals surface area (Å²) < 4.78 is 5.35. The lowest BCUT2D eigenvalue weighted by Gasteiger charge is -2.40. The maximum Gasteiger partial charge on any atom is 0.314 e. The van der Waals surface area contributed by atoms with Crippen LogP contribution in [-0.2, 0) is 9.53 Å². The highest BCUT2D eigenvalue weighted by Gasteiger charge is 2.46. The van der Waals surface area contributed by atoms with Gasteiger partial charge in [-0.25, -0.2) is 0 Å². The summed E-state index contributed by atoms with van der Waals surface area (Å²) >= 11 is 0. The first kappa shape index (κ1) is 23.0. The van der Waals surface area contributed by atoms with Crippen LogP contribution in [-0.4, -0.2) is 24.8 Å². The summed E-state index contributed by atoms with van der Waals surface area (Å²) in [6, 6.07) is 0. The van der Waals surface area contributed by atoms with Gasteiger partial charge in [-0.15, -0.1) is 0 Å². The fraction of sp³-hybridized carbons (Fsp3) is 0.783. The third-order valence-corrected chi connectivity index (χ3v) is 5.67. The third kappa shape index (κ3) is 6.26. The number of rotatable bonds is 13.